The highest BCUT2D eigenvalue weighted by atomic mass is 16.6. The summed E-state index contributed by atoms with van der Waals surface area (Å²) in [7, 11) is 0. The molecule has 1 unspecified atom stereocenters. The number of Topliss-reactive ketones (excluding diaryl/α,β-unsaturated/α-hetero) is 1. The van der Waals surface area contributed by atoms with Crippen LogP contribution in [0.25, 0.3) is 0 Å². The fourth-order valence-corrected chi connectivity index (χ4v) is 1.72. The fraction of sp³-hybridized carbons (Fsp3) is 0.308. The molecule has 2 rings (SSSR count). The number of carbonyl (C=O) groups excluding carboxylic acids is 2. The molecule has 1 heterocycles. The van der Waals surface area contributed by atoms with Crippen LogP contribution in [-0.2, 0) is 14.4 Å². The number of nitrogens with one attached hydrogen (secondary N) is 1. The number of hydrogen-bond acceptors (Lipinski definition) is 4. The number of hydrogen-bond donors (Lipinski definition) is 1. The van der Waals surface area contributed by atoms with Crippen molar-refractivity contribution in [2.45, 2.75) is 26.4 Å². The Labute approximate surface area is 105 Å². The summed E-state index contributed by atoms with van der Waals surface area (Å²) in [4.78, 5) is 27.1. The van der Waals surface area contributed by atoms with Crippen molar-refractivity contribution in [2.24, 2.45) is 5.16 Å². The second kappa shape index (κ2) is 5.00. The Kier molecular flexibility index (Phi) is 3.41. The number of ketones is 1. The first-order valence-electron chi connectivity index (χ1n) is 5.67. The summed E-state index contributed by atoms with van der Waals surface area (Å²) in [6.45, 7) is 2.95. The van der Waals surface area contributed by atoms with E-state index in [-0.39, 0.29) is 11.7 Å². The van der Waals surface area contributed by atoms with Crippen LogP contribution in [0.3, 0.4) is 0 Å². The highest BCUT2D eigenvalue weighted by Crippen LogP contribution is 2.19. The SMILES string of the molecule is CC(=O)Nc1ccc(C2=NOC(C(C)=O)C2)cc1. The predicted molar refractivity (Wildman–Crippen MR) is 67.5 cm³/mol. The third kappa shape index (κ3) is 2.74. The van der Waals surface area contributed by atoms with Gasteiger partial charge in [0.05, 0.1) is 5.71 Å². The second-order valence-corrected chi connectivity index (χ2v) is 4.21. The molecule has 1 aliphatic rings. The Morgan fingerprint density at radius 1 is 1.28 bits per heavy atom. The Bertz CT molecular complexity index is 505. The number of oxime groups is 1. The molecule has 0 aliphatic carbocycles. The van der Waals surface area contributed by atoms with E-state index < -0.39 is 6.10 Å². The predicted octanol–water partition coefficient (Wildman–Crippen LogP) is 1.73. The highest BCUT2D eigenvalue weighted by Gasteiger charge is 2.25. The molecule has 0 radical (unpaired) electrons. The van der Waals surface area contributed by atoms with Crippen LogP contribution in [0, 0.1) is 0 Å². The third-order valence-corrected chi connectivity index (χ3v) is 2.66. The summed E-state index contributed by atoms with van der Waals surface area (Å²) in [5, 5.41) is 6.59. The Morgan fingerprint density at radius 2 is 1.94 bits per heavy atom. The van der Waals surface area contributed by atoms with E-state index in [1.54, 1.807) is 12.1 Å². The van der Waals surface area contributed by atoms with Crippen molar-refractivity contribution in [3.05, 3.63) is 29.8 Å². The molecular weight excluding hydrogens is 232 g/mol. The van der Waals surface area contributed by atoms with Crippen molar-refractivity contribution in [3.63, 3.8) is 0 Å². The van der Waals surface area contributed by atoms with Crippen molar-refractivity contribution in [3.8, 4) is 0 Å². The van der Waals surface area contributed by atoms with Crippen molar-refractivity contribution in [1.82, 2.24) is 0 Å². The zero-order chi connectivity index (χ0) is 13.1. The van der Waals surface area contributed by atoms with E-state index in [9.17, 15) is 9.59 Å². The van der Waals surface area contributed by atoms with Gasteiger partial charge in [-0.2, -0.15) is 0 Å². The molecule has 0 bridgehead atoms. The molecule has 1 amide bonds. The molecule has 0 aromatic heterocycles. The van der Waals surface area contributed by atoms with Crippen molar-refractivity contribution in [2.75, 3.05) is 5.32 Å². The number of carbonyl (C=O) groups is 2. The van der Waals surface area contributed by atoms with Crippen LogP contribution in [0.15, 0.2) is 29.4 Å². The van der Waals surface area contributed by atoms with E-state index in [1.165, 1.54) is 13.8 Å². The molecule has 5 nitrogen and oxygen atoms in total. The van der Waals surface area contributed by atoms with Crippen LogP contribution in [0.5, 0.6) is 0 Å². The summed E-state index contributed by atoms with van der Waals surface area (Å²) in [5.74, 6) is -0.135. The first kappa shape index (κ1) is 12.3. The van der Waals surface area contributed by atoms with E-state index in [4.69, 9.17) is 4.84 Å². The Morgan fingerprint density at radius 3 is 2.44 bits per heavy atom. The maximum absolute atomic E-state index is 11.2. The quantitative estimate of drug-likeness (QED) is 0.883. The van der Waals surface area contributed by atoms with Gasteiger partial charge in [-0.3, -0.25) is 9.59 Å². The van der Waals surface area contributed by atoms with Gasteiger partial charge in [-0.05, 0) is 24.6 Å². The van der Waals surface area contributed by atoms with Gasteiger partial charge in [0.15, 0.2) is 11.9 Å². The largest absolute Gasteiger partial charge is 0.384 e. The van der Waals surface area contributed by atoms with Crippen LogP contribution in [0.1, 0.15) is 25.8 Å². The van der Waals surface area contributed by atoms with Gasteiger partial charge in [-0.1, -0.05) is 17.3 Å². The van der Waals surface area contributed by atoms with Gasteiger partial charge in [0, 0.05) is 19.0 Å². The van der Waals surface area contributed by atoms with Crippen molar-refractivity contribution in [1.29, 1.82) is 0 Å². The Balaban J connectivity index is 2.07. The monoisotopic (exact) mass is 246 g/mol. The summed E-state index contributed by atoms with van der Waals surface area (Å²) >= 11 is 0. The lowest BCUT2D eigenvalue weighted by Gasteiger charge is -2.04. The number of amides is 1. The van der Waals surface area contributed by atoms with E-state index in [2.05, 4.69) is 10.5 Å². The Hall–Kier alpha value is -2.17. The maximum Gasteiger partial charge on any atom is 0.221 e. The van der Waals surface area contributed by atoms with Crippen LogP contribution >= 0.6 is 0 Å². The van der Waals surface area contributed by atoms with Crippen LogP contribution < -0.4 is 5.32 Å². The summed E-state index contributed by atoms with van der Waals surface area (Å²) < 4.78 is 0. The molecule has 0 fully saturated rings. The average molecular weight is 246 g/mol. The van der Waals surface area contributed by atoms with Gasteiger partial charge in [-0.25, -0.2) is 0 Å². The lowest BCUT2D eigenvalue weighted by Crippen LogP contribution is -2.17. The molecular formula is C13H14N2O3. The summed E-state index contributed by atoms with van der Waals surface area (Å²) in [6.07, 6.45) is 0.0319. The van der Waals surface area contributed by atoms with E-state index in [0.29, 0.717) is 6.42 Å². The molecule has 5 heteroatoms. The van der Waals surface area contributed by atoms with Crippen molar-refractivity contribution >= 4 is 23.1 Å². The molecule has 1 aliphatic heterocycles. The van der Waals surface area contributed by atoms with Crippen LogP contribution in [-0.4, -0.2) is 23.5 Å². The van der Waals surface area contributed by atoms with Crippen molar-refractivity contribution < 1.29 is 14.4 Å². The van der Waals surface area contributed by atoms with Crippen LogP contribution in [0.2, 0.25) is 0 Å². The lowest BCUT2D eigenvalue weighted by molar-refractivity contribution is -0.126. The van der Waals surface area contributed by atoms with Crippen LogP contribution in [0.4, 0.5) is 5.69 Å². The smallest absolute Gasteiger partial charge is 0.221 e. The van der Waals surface area contributed by atoms with E-state index in [1.807, 2.05) is 12.1 Å². The van der Waals surface area contributed by atoms with Gasteiger partial charge < -0.3 is 10.2 Å². The van der Waals surface area contributed by atoms with Gasteiger partial charge >= 0.3 is 0 Å². The summed E-state index contributed by atoms with van der Waals surface area (Å²) in [5.41, 5.74) is 2.38. The fourth-order valence-electron chi connectivity index (χ4n) is 1.72. The minimum absolute atomic E-state index is 0.0244. The molecule has 1 atom stereocenters. The van der Waals surface area contributed by atoms with Gasteiger partial charge in [0.25, 0.3) is 0 Å². The first-order valence-corrected chi connectivity index (χ1v) is 5.67. The molecule has 94 valence electrons. The normalized spacial score (nSPS) is 17.9. The molecule has 18 heavy (non-hydrogen) atoms. The molecule has 0 saturated heterocycles. The second-order valence-electron chi connectivity index (χ2n) is 4.21. The topological polar surface area (TPSA) is 67.8 Å². The maximum atomic E-state index is 11.2. The number of anilines is 1. The minimum atomic E-state index is -0.463. The number of rotatable bonds is 3. The number of nitrogens with zero attached hydrogens (tertiary/aromatic N) is 1. The van der Waals surface area contributed by atoms with Gasteiger partial charge in [-0.15, -0.1) is 0 Å². The molecule has 1 aromatic carbocycles. The lowest BCUT2D eigenvalue weighted by atomic mass is 10.0. The van der Waals surface area contributed by atoms with E-state index in [0.717, 1.165) is 17.0 Å². The zero-order valence-electron chi connectivity index (χ0n) is 10.3. The molecule has 1 N–H and O–H groups in total. The highest BCUT2D eigenvalue weighted by molar-refractivity contribution is 6.04. The van der Waals surface area contributed by atoms with Gasteiger partial charge in [0.2, 0.25) is 5.91 Å². The summed E-state index contributed by atoms with van der Waals surface area (Å²) in [6, 6.07) is 7.27. The standard InChI is InChI=1S/C13H14N2O3/c1-8(16)13-7-12(15-18-13)10-3-5-11(6-4-10)14-9(2)17/h3-6,13H,7H2,1-2H3,(H,14,17). The molecule has 0 spiro atoms. The average Bonchev–Trinajstić information content (AvgIpc) is 2.78. The number of benzene rings is 1. The molecule has 1 aromatic rings. The minimum Gasteiger partial charge on any atom is -0.384 e. The zero-order valence-corrected chi connectivity index (χ0v) is 10.3. The van der Waals surface area contributed by atoms with Gasteiger partial charge in [0.1, 0.15) is 0 Å². The van der Waals surface area contributed by atoms with E-state index >= 15 is 0 Å². The first-order chi connectivity index (χ1) is 8.56. The third-order valence-electron chi connectivity index (χ3n) is 2.66. The molecule has 0 saturated carbocycles.